The Kier molecular flexibility index (Phi) is 4.99. The predicted octanol–water partition coefficient (Wildman–Crippen LogP) is 2.19. The number of nitrogens with zero attached hydrogens (tertiary/aromatic N) is 3. The summed E-state index contributed by atoms with van der Waals surface area (Å²) in [5.41, 5.74) is 1.36. The van der Waals surface area contributed by atoms with Gasteiger partial charge in [-0.15, -0.1) is 0 Å². The molecule has 2 rings (SSSR count). The van der Waals surface area contributed by atoms with Crippen molar-refractivity contribution in [2.24, 2.45) is 13.0 Å². The first kappa shape index (κ1) is 14.5. The number of likely N-dealkylation sites (tertiary alicyclic amines) is 1. The van der Waals surface area contributed by atoms with Crippen LogP contribution in [0.15, 0.2) is 12.4 Å². The molecule has 0 spiro atoms. The molecule has 0 aromatic carbocycles. The monoisotopic (exact) mass is 264 g/mol. The first-order chi connectivity index (χ1) is 9.08. The van der Waals surface area contributed by atoms with Crippen molar-refractivity contribution in [2.45, 2.75) is 45.2 Å². The summed E-state index contributed by atoms with van der Waals surface area (Å²) < 4.78 is 1.92. The van der Waals surface area contributed by atoms with Crippen LogP contribution in [-0.2, 0) is 7.05 Å². The van der Waals surface area contributed by atoms with Gasteiger partial charge in [0, 0.05) is 37.4 Å². The number of hydrogen-bond donors (Lipinski definition) is 1. The minimum absolute atomic E-state index is 0.502. The highest BCUT2D eigenvalue weighted by Crippen LogP contribution is 2.33. The molecule has 4 nitrogen and oxygen atoms in total. The van der Waals surface area contributed by atoms with Gasteiger partial charge in [0.25, 0.3) is 0 Å². The van der Waals surface area contributed by atoms with E-state index in [1.165, 1.54) is 31.4 Å². The Morgan fingerprint density at radius 3 is 2.79 bits per heavy atom. The van der Waals surface area contributed by atoms with E-state index in [0.29, 0.717) is 18.0 Å². The second kappa shape index (κ2) is 6.53. The van der Waals surface area contributed by atoms with Crippen LogP contribution in [-0.4, -0.2) is 40.9 Å². The third-order valence-corrected chi connectivity index (χ3v) is 4.11. The van der Waals surface area contributed by atoms with Crippen molar-refractivity contribution in [3.8, 4) is 0 Å². The lowest BCUT2D eigenvalue weighted by atomic mass is 9.90. The molecule has 0 amide bonds. The van der Waals surface area contributed by atoms with Gasteiger partial charge in [-0.2, -0.15) is 5.10 Å². The van der Waals surface area contributed by atoms with E-state index in [2.05, 4.69) is 42.4 Å². The molecule has 2 atom stereocenters. The van der Waals surface area contributed by atoms with Crippen LogP contribution >= 0.6 is 0 Å². The van der Waals surface area contributed by atoms with Gasteiger partial charge < -0.3 is 5.32 Å². The van der Waals surface area contributed by atoms with Crippen LogP contribution in [0.5, 0.6) is 0 Å². The second-order valence-corrected chi connectivity index (χ2v) is 6.19. The quantitative estimate of drug-likeness (QED) is 0.905. The lowest BCUT2D eigenvalue weighted by Gasteiger charge is -2.32. The summed E-state index contributed by atoms with van der Waals surface area (Å²) >= 11 is 0. The van der Waals surface area contributed by atoms with Gasteiger partial charge in [0.2, 0.25) is 0 Å². The normalized spacial score (nSPS) is 25.7. The van der Waals surface area contributed by atoms with Crippen molar-refractivity contribution >= 4 is 0 Å². The van der Waals surface area contributed by atoms with Crippen LogP contribution in [0.1, 0.15) is 44.7 Å². The van der Waals surface area contributed by atoms with Gasteiger partial charge in [-0.05, 0) is 32.4 Å². The summed E-state index contributed by atoms with van der Waals surface area (Å²) in [5, 5.41) is 7.97. The van der Waals surface area contributed by atoms with E-state index in [1.807, 2.05) is 17.9 Å². The highest BCUT2D eigenvalue weighted by Gasteiger charge is 2.29. The number of rotatable bonds is 4. The van der Waals surface area contributed by atoms with Crippen LogP contribution < -0.4 is 5.32 Å². The lowest BCUT2D eigenvalue weighted by Crippen LogP contribution is -2.36. The Labute approximate surface area is 117 Å². The molecular weight excluding hydrogens is 236 g/mol. The van der Waals surface area contributed by atoms with Crippen molar-refractivity contribution in [3.63, 3.8) is 0 Å². The Hall–Kier alpha value is -0.870. The van der Waals surface area contributed by atoms with Crippen molar-refractivity contribution < 1.29 is 0 Å². The van der Waals surface area contributed by atoms with Gasteiger partial charge in [-0.3, -0.25) is 9.58 Å². The molecule has 1 aromatic rings. The molecule has 0 saturated carbocycles. The number of aromatic nitrogens is 2. The smallest absolute Gasteiger partial charge is 0.0537 e. The molecule has 1 aliphatic heterocycles. The van der Waals surface area contributed by atoms with Gasteiger partial charge in [0.05, 0.1) is 6.20 Å². The standard InChI is InChI=1S/C15H28N4/c1-12(2)16-9-13-7-5-6-8-18(3)15(13)14-10-17-19(4)11-14/h10-13,15-16H,5-9H2,1-4H3. The highest BCUT2D eigenvalue weighted by molar-refractivity contribution is 5.12. The summed E-state index contributed by atoms with van der Waals surface area (Å²) in [4.78, 5) is 2.51. The van der Waals surface area contributed by atoms with Crippen LogP contribution in [0.2, 0.25) is 0 Å². The first-order valence-electron chi connectivity index (χ1n) is 7.50. The molecule has 0 bridgehead atoms. The zero-order chi connectivity index (χ0) is 13.8. The fourth-order valence-corrected chi connectivity index (χ4v) is 3.14. The van der Waals surface area contributed by atoms with Gasteiger partial charge in [-0.1, -0.05) is 20.3 Å². The van der Waals surface area contributed by atoms with Crippen molar-refractivity contribution in [2.75, 3.05) is 20.1 Å². The summed E-state index contributed by atoms with van der Waals surface area (Å²) in [7, 11) is 4.26. The van der Waals surface area contributed by atoms with Crippen LogP contribution in [0.4, 0.5) is 0 Å². The van der Waals surface area contributed by atoms with Crippen molar-refractivity contribution in [1.82, 2.24) is 20.0 Å². The molecule has 4 heteroatoms. The zero-order valence-corrected chi connectivity index (χ0v) is 12.8. The average molecular weight is 264 g/mol. The summed E-state index contributed by atoms with van der Waals surface area (Å²) in [6, 6.07) is 1.06. The lowest BCUT2D eigenvalue weighted by molar-refractivity contribution is 0.187. The topological polar surface area (TPSA) is 33.1 Å². The summed E-state index contributed by atoms with van der Waals surface area (Å²) in [5.74, 6) is 0.680. The third-order valence-electron chi connectivity index (χ3n) is 4.11. The summed E-state index contributed by atoms with van der Waals surface area (Å²) in [6.45, 7) is 6.73. The van der Waals surface area contributed by atoms with E-state index in [1.54, 1.807) is 0 Å². The minimum atomic E-state index is 0.502. The number of aryl methyl sites for hydroxylation is 1. The second-order valence-electron chi connectivity index (χ2n) is 6.19. The molecule has 1 saturated heterocycles. The van der Waals surface area contributed by atoms with Crippen LogP contribution in [0, 0.1) is 5.92 Å². The minimum Gasteiger partial charge on any atom is -0.314 e. The molecule has 1 fully saturated rings. The van der Waals surface area contributed by atoms with E-state index in [-0.39, 0.29) is 0 Å². The first-order valence-corrected chi connectivity index (χ1v) is 7.50. The SMILES string of the molecule is CC(C)NCC1CCCCN(C)C1c1cnn(C)c1. The van der Waals surface area contributed by atoms with E-state index < -0.39 is 0 Å². The van der Waals surface area contributed by atoms with Crippen molar-refractivity contribution in [3.05, 3.63) is 18.0 Å². The predicted molar refractivity (Wildman–Crippen MR) is 79.1 cm³/mol. The molecule has 0 aliphatic carbocycles. The van der Waals surface area contributed by atoms with Gasteiger partial charge in [0.1, 0.15) is 0 Å². The van der Waals surface area contributed by atoms with Crippen LogP contribution in [0.25, 0.3) is 0 Å². The molecule has 0 radical (unpaired) electrons. The fourth-order valence-electron chi connectivity index (χ4n) is 3.14. The van der Waals surface area contributed by atoms with Gasteiger partial charge >= 0.3 is 0 Å². The average Bonchev–Trinajstić information content (AvgIpc) is 2.67. The molecule has 1 aliphatic rings. The van der Waals surface area contributed by atoms with E-state index in [9.17, 15) is 0 Å². The van der Waals surface area contributed by atoms with E-state index in [0.717, 1.165) is 6.54 Å². The van der Waals surface area contributed by atoms with Crippen LogP contribution in [0.3, 0.4) is 0 Å². The maximum absolute atomic E-state index is 4.36. The molecule has 1 N–H and O–H groups in total. The Balaban J connectivity index is 2.15. The van der Waals surface area contributed by atoms with E-state index in [4.69, 9.17) is 0 Å². The summed E-state index contributed by atoms with van der Waals surface area (Å²) in [6.07, 6.45) is 8.17. The molecule has 19 heavy (non-hydrogen) atoms. The molecule has 2 unspecified atom stereocenters. The molecule has 108 valence electrons. The molecule has 1 aromatic heterocycles. The van der Waals surface area contributed by atoms with Crippen molar-refractivity contribution in [1.29, 1.82) is 0 Å². The molecular formula is C15H28N4. The maximum Gasteiger partial charge on any atom is 0.0537 e. The maximum atomic E-state index is 4.36. The van der Waals surface area contributed by atoms with Gasteiger partial charge in [-0.25, -0.2) is 0 Å². The Morgan fingerprint density at radius 1 is 1.37 bits per heavy atom. The largest absolute Gasteiger partial charge is 0.314 e. The highest BCUT2D eigenvalue weighted by atomic mass is 15.2. The zero-order valence-electron chi connectivity index (χ0n) is 12.8. The van der Waals surface area contributed by atoms with Gasteiger partial charge in [0.15, 0.2) is 0 Å². The Morgan fingerprint density at radius 2 is 2.16 bits per heavy atom. The fraction of sp³-hybridized carbons (Fsp3) is 0.800. The Bertz CT molecular complexity index is 385. The number of hydrogen-bond acceptors (Lipinski definition) is 3. The molecule has 2 heterocycles. The third kappa shape index (κ3) is 3.80. The van der Waals surface area contributed by atoms with E-state index >= 15 is 0 Å². The number of nitrogens with one attached hydrogen (secondary N) is 1.